The maximum Gasteiger partial charge on any atom is 0.00536 e. The molecule has 0 aromatic rings. The molecule has 0 atom stereocenters. The molecule has 16 heavy (non-hydrogen) atoms. The fraction of sp³-hybridized carbons (Fsp3) is 0.600. The van der Waals surface area contributed by atoms with Gasteiger partial charge in [-0.1, -0.05) is 0 Å². The Hall–Kier alpha value is 4.34. The van der Waals surface area contributed by atoms with E-state index in [1.165, 1.54) is 0 Å². The van der Waals surface area contributed by atoms with Crippen LogP contribution < -0.4 is 0 Å². The zero-order valence-electron chi connectivity index (χ0n) is 10.3. The molecule has 0 spiro atoms. The normalized spacial score (nSPS) is 8.62. The number of rotatable bonds is 7. The van der Waals surface area contributed by atoms with Gasteiger partial charge in [-0.25, -0.2) is 0 Å². The van der Waals surface area contributed by atoms with E-state index >= 15 is 0 Å². The monoisotopic (exact) mass is 524 g/mol. The van der Waals surface area contributed by atoms with E-state index in [0.29, 0.717) is 0 Å². The number of hydrogen-bond donors (Lipinski definition) is 0. The van der Waals surface area contributed by atoms with E-state index in [4.69, 9.17) is 0 Å². The van der Waals surface area contributed by atoms with E-state index < -0.39 is 0 Å². The molecule has 0 aromatic carbocycles. The van der Waals surface area contributed by atoms with Gasteiger partial charge in [0.05, 0.1) is 0 Å². The van der Waals surface area contributed by atoms with Crippen LogP contribution in [0.1, 0.15) is 0 Å². The van der Waals surface area contributed by atoms with Crippen LogP contribution in [0.4, 0.5) is 0 Å². The van der Waals surface area contributed by atoms with E-state index in [2.05, 4.69) is 37.5 Å². The molecule has 0 bridgehead atoms. The first-order chi connectivity index (χ1) is 5.78. The fourth-order valence-corrected chi connectivity index (χ4v) is 0.954. The summed E-state index contributed by atoms with van der Waals surface area (Å²) in [6, 6.07) is 0. The molecule has 0 fully saturated rings. The van der Waals surface area contributed by atoms with Crippen LogP contribution in [-0.2, 0) is 131 Å². The molecule has 0 saturated heterocycles. The third kappa shape index (κ3) is 18.3. The summed E-state index contributed by atoms with van der Waals surface area (Å²) in [7, 11) is 0. The average molecular weight is 524 g/mol. The summed E-state index contributed by atoms with van der Waals surface area (Å²) in [5.74, 6) is 0. The molecule has 0 rings (SSSR count). The van der Waals surface area contributed by atoms with Crippen molar-refractivity contribution in [3.05, 3.63) is 27.7 Å². The minimum Gasteiger partial charge on any atom is -0.361 e. The SMILES string of the molecule is [CH2-]CN(C[CH2-])CCN(C[CH2-])C[CH2-].[Y].[Y].[Y].[Y]. The van der Waals surface area contributed by atoms with Gasteiger partial charge in [0, 0.05) is 144 Å². The molecule has 0 amide bonds. The summed E-state index contributed by atoms with van der Waals surface area (Å²) in [5, 5.41) is 0. The molecule has 0 N–H and O–H groups in total. The molecule has 0 unspecified atom stereocenters. The van der Waals surface area contributed by atoms with E-state index in [9.17, 15) is 0 Å². The van der Waals surface area contributed by atoms with Crippen molar-refractivity contribution in [3.63, 3.8) is 0 Å². The average Bonchev–Trinajstić information content (AvgIpc) is 2.13. The van der Waals surface area contributed by atoms with Crippen molar-refractivity contribution in [3.8, 4) is 0 Å². The predicted molar refractivity (Wildman–Crippen MR) is 54.3 cm³/mol. The van der Waals surface area contributed by atoms with Crippen LogP contribution in [0.5, 0.6) is 0 Å². The first kappa shape index (κ1) is 32.3. The zero-order chi connectivity index (χ0) is 9.40. The Morgan fingerprint density at radius 3 is 0.812 bits per heavy atom. The van der Waals surface area contributed by atoms with Crippen molar-refractivity contribution in [2.75, 3.05) is 39.3 Å². The van der Waals surface area contributed by atoms with Gasteiger partial charge in [0.15, 0.2) is 0 Å². The molecule has 0 aliphatic carbocycles. The Balaban J connectivity index is -0.000000101. The molecular formula is C10H20N2Y4-4. The van der Waals surface area contributed by atoms with E-state index in [1.54, 1.807) is 0 Å². The van der Waals surface area contributed by atoms with Crippen molar-refractivity contribution < 1.29 is 131 Å². The summed E-state index contributed by atoms with van der Waals surface area (Å²) < 4.78 is 0. The molecule has 6 heteroatoms. The maximum atomic E-state index is 3.82. The third-order valence-electron chi connectivity index (χ3n) is 2.00. The van der Waals surface area contributed by atoms with Crippen LogP contribution in [0, 0.1) is 27.7 Å². The largest absolute Gasteiger partial charge is 0.361 e. The van der Waals surface area contributed by atoms with Gasteiger partial charge in [-0.2, -0.15) is 0 Å². The predicted octanol–water partition coefficient (Wildman–Crippen LogP) is 0.917. The maximum absolute atomic E-state index is 3.82. The number of hydrogen-bond acceptors (Lipinski definition) is 2. The zero-order valence-corrected chi connectivity index (χ0v) is 21.6. The van der Waals surface area contributed by atoms with Gasteiger partial charge in [-0.05, 0) is 0 Å². The summed E-state index contributed by atoms with van der Waals surface area (Å²) in [6.45, 7) is 20.6. The minimum atomic E-state index is 0. The van der Waals surface area contributed by atoms with Crippen LogP contribution in [0.3, 0.4) is 0 Å². The molecule has 0 heterocycles. The van der Waals surface area contributed by atoms with Crippen molar-refractivity contribution in [2.24, 2.45) is 0 Å². The van der Waals surface area contributed by atoms with Gasteiger partial charge in [0.25, 0.3) is 0 Å². The fourth-order valence-electron chi connectivity index (χ4n) is 0.954. The molecule has 2 nitrogen and oxygen atoms in total. The first-order valence-corrected chi connectivity index (χ1v) is 4.40. The van der Waals surface area contributed by atoms with Crippen LogP contribution in [0.2, 0.25) is 0 Å². The van der Waals surface area contributed by atoms with E-state index in [-0.39, 0.29) is 131 Å². The Morgan fingerprint density at radius 1 is 0.500 bits per heavy atom. The Morgan fingerprint density at radius 2 is 0.688 bits per heavy atom. The van der Waals surface area contributed by atoms with Crippen LogP contribution in [0.25, 0.3) is 0 Å². The van der Waals surface area contributed by atoms with Crippen molar-refractivity contribution in [1.29, 1.82) is 0 Å². The third-order valence-corrected chi connectivity index (χ3v) is 2.00. The summed E-state index contributed by atoms with van der Waals surface area (Å²) >= 11 is 0. The van der Waals surface area contributed by atoms with E-state index in [0.717, 1.165) is 39.3 Å². The second-order valence-corrected chi connectivity index (χ2v) is 2.68. The molecule has 86 valence electrons. The van der Waals surface area contributed by atoms with Crippen LogP contribution in [-0.4, -0.2) is 49.1 Å². The van der Waals surface area contributed by atoms with Gasteiger partial charge in [-0.3, -0.25) is 0 Å². The molecule has 0 saturated carbocycles. The Labute approximate surface area is 203 Å². The van der Waals surface area contributed by atoms with Gasteiger partial charge in [-0.15, -0.1) is 26.2 Å². The second kappa shape index (κ2) is 24.4. The van der Waals surface area contributed by atoms with Crippen molar-refractivity contribution >= 4 is 0 Å². The molecular weight excluding hydrogens is 504 g/mol. The summed E-state index contributed by atoms with van der Waals surface area (Å²) in [4.78, 5) is 4.39. The second-order valence-electron chi connectivity index (χ2n) is 2.68. The molecule has 0 aromatic heterocycles. The standard InChI is InChI=1S/C10H20N2.4Y/c1-5-11(6-2)9-10-12(7-3)8-4;;;;/h1-10H2;;;;/q-4;;;;. The van der Waals surface area contributed by atoms with Crippen molar-refractivity contribution in [2.45, 2.75) is 0 Å². The summed E-state index contributed by atoms with van der Waals surface area (Å²) in [6.07, 6.45) is 0. The van der Waals surface area contributed by atoms with Crippen LogP contribution in [0.15, 0.2) is 0 Å². The minimum absolute atomic E-state index is 0. The molecule has 4 radical (unpaired) electrons. The van der Waals surface area contributed by atoms with Crippen LogP contribution >= 0.6 is 0 Å². The number of nitrogens with zero attached hydrogens (tertiary/aromatic N) is 2. The first-order valence-electron chi connectivity index (χ1n) is 4.40. The quantitative estimate of drug-likeness (QED) is 0.458. The summed E-state index contributed by atoms with van der Waals surface area (Å²) in [5.41, 5.74) is 0. The van der Waals surface area contributed by atoms with Gasteiger partial charge in [0.2, 0.25) is 0 Å². The Kier molecular flexibility index (Phi) is 49.2. The smallest absolute Gasteiger partial charge is 0.00536 e. The van der Waals surface area contributed by atoms with Gasteiger partial charge < -0.3 is 37.5 Å². The molecule has 0 aliphatic heterocycles. The topological polar surface area (TPSA) is 6.48 Å². The Bertz CT molecular complexity index is 86.8. The van der Waals surface area contributed by atoms with Crippen molar-refractivity contribution in [1.82, 2.24) is 9.80 Å². The van der Waals surface area contributed by atoms with Gasteiger partial charge >= 0.3 is 0 Å². The van der Waals surface area contributed by atoms with Gasteiger partial charge in [0.1, 0.15) is 0 Å². The molecule has 0 aliphatic rings. The van der Waals surface area contributed by atoms with E-state index in [1.807, 2.05) is 0 Å².